The first-order chi connectivity index (χ1) is 8.66. The van der Waals surface area contributed by atoms with Gasteiger partial charge in [0.15, 0.2) is 0 Å². The molecular weight excluding hydrogens is 255 g/mol. The molecule has 6 heteroatoms. The van der Waals surface area contributed by atoms with E-state index in [0.717, 1.165) is 0 Å². The van der Waals surface area contributed by atoms with Crippen LogP contribution < -0.4 is 0 Å². The molecule has 0 heterocycles. The van der Waals surface area contributed by atoms with Crippen molar-refractivity contribution in [3.63, 3.8) is 0 Å². The van der Waals surface area contributed by atoms with Crippen LogP contribution in [0.5, 0.6) is 5.75 Å². The molecule has 0 atom stereocenters. The van der Waals surface area contributed by atoms with Gasteiger partial charge in [-0.3, -0.25) is 0 Å². The Morgan fingerprint density at radius 3 is 2.21 bits per heavy atom. The summed E-state index contributed by atoms with van der Waals surface area (Å²) in [6.45, 7) is 0. The summed E-state index contributed by atoms with van der Waals surface area (Å²) in [5.41, 5.74) is 0.844. The van der Waals surface area contributed by atoms with Crippen molar-refractivity contribution >= 4 is 46.9 Å². The van der Waals surface area contributed by atoms with Crippen molar-refractivity contribution in [1.82, 2.24) is 0 Å². The SMILES string of the molecule is O=C(O)c1cc(N=Nc2ccccc2)ccc1O.[Na]. The minimum atomic E-state index is -1.20. The molecule has 0 saturated carbocycles. The number of aromatic carboxylic acids is 1. The molecule has 0 spiro atoms. The summed E-state index contributed by atoms with van der Waals surface area (Å²) in [6.07, 6.45) is 0. The van der Waals surface area contributed by atoms with Gasteiger partial charge < -0.3 is 10.2 Å². The average Bonchev–Trinajstić information content (AvgIpc) is 2.38. The van der Waals surface area contributed by atoms with Crippen LogP contribution in [-0.4, -0.2) is 45.7 Å². The molecular formula is C13H10N2NaO3. The molecule has 0 aliphatic rings. The fourth-order valence-corrected chi connectivity index (χ4v) is 1.37. The molecule has 2 N–H and O–H groups in total. The topological polar surface area (TPSA) is 82.2 Å². The second-order valence-corrected chi connectivity index (χ2v) is 3.54. The predicted molar refractivity (Wildman–Crippen MR) is 71.4 cm³/mol. The molecule has 91 valence electrons. The van der Waals surface area contributed by atoms with Crippen molar-refractivity contribution in [1.29, 1.82) is 0 Å². The number of phenols is 1. The number of carboxylic acids is 1. The maximum absolute atomic E-state index is 10.8. The molecule has 0 unspecified atom stereocenters. The number of hydrogen-bond acceptors (Lipinski definition) is 4. The number of nitrogens with zero attached hydrogens (tertiary/aromatic N) is 2. The molecule has 5 nitrogen and oxygen atoms in total. The third-order valence-electron chi connectivity index (χ3n) is 2.25. The number of carbonyl (C=O) groups is 1. The zero-order chi connectivity index (χ0) is 13.0. The van der Waals surface area contributed by atoms with Crippen LogP contribution in [0.15, 0.2) is 58.8 Å². The molecule has 2 aromatic carbocycles. The van der Waals surface area contributed by atoms with Crippen molar-refractivity contribution in [3.05, 3.63) is 54.1 Å². The number of carboxylic acid groups (broad SMARTS) is 1. The molecule has 19 heavy (non-hydrogen) atoms. The maximum atomic E-state index is 10.8. The zero-order valence-electron chi connectivity index (χ0n) is 10.3. The van der Waals surface area contributed by atoms with E-state index in [1.807, 2.05) is 18.2 Å². The first kappa shape index (κ1) is 15.4. The summed E-state index contributed by atoms with van der Waals surface area (Å²) in [5, 5.41) is 26.0. The summed E-state index contributed by atoms with van der Waals surface area (Å²) in [5.74, 6) is -1.49. The van der Waals surface area contributed by atoms with E-state index in [2.05, 4.69) is 10.2 Å². The van der Waals surface area contributed by atoms with E-state index in [0.29, 0.717) is 11.4 Å². The summed E-state index contributed by atoms with van der Waals surface area (Å²) in [7, 11) is 0. The smallest absolute Gasteiger partial charge is 0.339 e. The van der Waals surface area contributed by atoms with Crippen LogP contribution in [0.1, 0.15) is 10.4 Å². The molecule has 0 bridgehead atoms. The quantitative estimate of drug-likeness (QED) is 0.660. The van der Waals surface area contributed by atoms with Gasteiger partial charge in [0.25, 0.3) is 0 Å². The van der Waals surface area contributed by atoms with Crippen molar-refractivity contribution in [3.8, 4) is 5.75 Å². The van der Waals surface area contributed by atoms with Gasteiger partial charge in [0.2, 0.25) is 0 Å². The second-order valence-electron chi connectivity index (χ2n) is 3.54. The largest absolute Gasteiger partial charge is 0.507 e. The monoisotopic (exact) mass is 265 g/mol. The summed E-state index contributed by atoms with van der Waals surface area (Å²) in [6, 6.07) is 13.1. The number of benzene rings is 2. The zero-order valence-corrected chi connectivity index (χ0v) is 12.3. The third kappa shape index (κ3) is 4.17. The summed E-state index contributed by atoms with van der Waals surface area (Å²) >= 11 is 0. The van der Waals surface area contributed by atoms with Gasteiger partial charge in [0.05, 0.1) is 11.4 Å². The Balaban J connectivity index is 0.00000180. The fraction of sp³-hybridized carbons (Fsp3) is 0. The first-order valence-corrected chi connectivity index (χ1v) is 5.20. The molecule has 2 aromatic rings. The molecule has 0 saturated heterocycles. The first-order valence-electron chi connectivity index (χ1n) is 5.20. The molecule has 0 aliphatic carbocycles. The van der Waals surface area contributed by atoms with Gasteiger partial charge >= 0.3 is 5.97 Å². The Morgan fingerprint density at radius 1 is 0.947 bits per heavy atom. The minimum Gasteiger partial charge on any atom is -0.507 e. The van der Waals surface area contributed by atoms with Gasteiger partial charge in [0.1, 0.15) is 11.3 Å². The van der Waals surface area contributed by atoms with Gasteiger partial charge in [-0.15, -0.1) is 0 Å². The van der Waals surface area contributed by atoms with E-state index in [1.54, 1.807) is 12.1 Å². The van der Waals surface area contributed by atoms with Crippen LogP contribution in [0.4, 0.5) is 11.4 Å². The van der Waals surface area contributed by atoms with Crippen LogP contribution in [0.3, 0.4) is 0 Å². The van der Waals surface area contributed by atoms with E-state index in [1.165, 1.54) is 18.2 Å². The Morgan fingerprint density at radius 2 is 1.58 bits per heavy atom. The van der Waals surface area contributed by atoms with E-state index < -0.39 is 5.97 Å². The van der Waals surface area contributed by atoms with Crippen LogP contribution >= 0.6 is 0 Å². The fourth-order valence-electron chi connectivity index (χ4n) is 1.37. The Labute approximate surface area is 131 Å². The maximum Gasteiger partial charge on any atom is 0.339 e. The Bertz CT molecular complexity index is 600. The molecule has 0 aromatic heterocycles. The van der Waals surface area contributed by atoms with E-state index in [9.17, 15) is 9.90 Å². The van der Waals surface area contributed by atoms with Gasteiger partial charge in [0, 0.05) is 29.6 Å². The van der Waals surface area contributed by atoms with Gasteiger partial charge in [-0.05, 0) is 30.3 Å². The molecule has 0 amide bonds. The standard InChI is InChI=1S/C13H10N2O3.Na/c16-12-7-6-10(8-11(12)13(17)18)15-14-9-4-2-1-3-5-9;/h1-8,16H,(H,17,18);. The van der Waals surface area contributed by atoms with Crippen molar-refractivity contribution in [2.75, 3.05) is 0 Å². The minimum absolute atomic E-state index is 0. The van der Waals surface area contributed by atoms with E-state index in [4.69, 9.17) is 5.11 Å². The number of hydrogen-bond donors (Lipinski definition) is 2. The number of rotatable bonds is 3. The van der Waals surface area contributed by atoms with Gasteiger partial charge in [-0.2, -0.15) is 10.2 Å². The number of aromatic hydroxyl groups is 1. The summed E-state index contributed by atoms with van der Waals surface area (Å²) in [4.78, 5) is 10.8. The predicted octanol–water partition coefficient (Wildman–Crippen LogP) is 3.13. The van der Waals surface area contributed by atoms with Gasteiger partial charge in [-0.1, -0.05) is 18.2 Å². The van der Waals surface area contributed by atoms with Crippen molar-refractivity contribution in [2.24, 2.45) is 10.2 Å². The van der Waals surface area contributed by atoms with Crippen molar-refractivity contribution < 1.29 is 15.0 Å². The van der Waals surface area contributed by atoms with Crippen LogP contribution in [0.2, 0.25) is 0 Å². The van der Waals surface area contributed by atoms with Crippen LogP contribution in [-0.2, 0) is 0 Å². The van der Waals surface area contributed by atoms with E-state index in [-0.39, 0.29) is 40.9 Å². The Kier molecular flexibility index (Phi) is 5.69. The summed E-state index contributed by atoms with van der Waals surface area (Å²) < 4.78 is 0. The second kappa shape index (κ2) is 7.04. The van der Waals surface area contributed by atoms with E-state index >= 15 is 0 Å². The van der Waals surface area contributed by atoms with Crippen LogP contribution in [0, 0.1) is 0 Å². The molecule has 1 radical (unpaired) electrons. The van der Waals surface area contributed by atoms with Gasteiger partial charge in [-0.25, -0.2) is 4.79 Å². The van der Waals surface area contributed by atoms with Crippen molar-refractivity contribution in [2.45, 2.75) is 0 Å². The number of azo groups is 1. The third-order valence-corrected chi connectivity index (χ3v) is 2.25. The molecule has 0 aliphatic heterocycles. The average molecular weight is 265 g/mol. The molecule has 2 rings (SSSR count). The molecule has 0 fully saturated rings. The normalized spacial score (nSPS) is 10.1. The Hall–Kier alpha value is -1.69. The van der Waals surface area contributed by atoms with Crippen LogP contribution in [0.25, 0.3) is 0 Å².